The minimum Gasteiger partial charge on any atom is -0.468 e. The Labute approximate surface area is 111 Å². The minimum absolute atomic E-state index is 0.323. The third-order valence-electron chi connectivity index (χ3n) is 4.07. The van der Waals surface area contributed by atoms with Crippen LogP contribution in [0.5, 0.6) is 0 Å². The fourth-order valence-corrected chi connectivity index (χ4v) is 2.64. The van der Waals surface area contributed by atoms with Crippen LogP contribution in [0, 0.1) is 5.92 Å². The molecule has 2 rings (SSSR count). The van der Waals surface area contributed by atoms with Crippen molar-refractivity contribution in [2.45, 2.75) is 44.7 Å². The smallest absolute Gasteiger partial charge is 0.122 e. The second-order valence-electron chi connectivity index (χ2n) is 5.84. The summed E-state index contributed by atoms with van der Waals surface area (Å²) in [6.07, 6.45) is 7.37. The number of hydrogen-bond acceptors (Lipinski definition) is 3. The molecule has 2 atom stereocenters. The Hall–Kier alpha value is -0.800. The molecular weight excluding hydrogens is 224 g/mol. The summed E-state index contributed by atoms with van der Waals surface area (Å²) in [5.74, 6) is 2.01. The monoisotopic (exact) mass is 250 g/mol. The van der Waals surface area contributed by atoms with Gasteiger partial charge in [-0.1, -0.05) is 19.3 Å². The first-order valence-corrected chi connectivity index (χ1v) is 7.10. The summed E-state index contributed by atoms with van der Waals surface area (Å²) in [5, 5.41) is 3.65. The van der Waals surface area contributed by atoms with E-state index in [1.165, 1.54) is 25.7 Å². The molecule has 1 heterocycles. The summed E-state index contributed by atoms with van der Waals surface area (Å²) < 4.78 is 5.52. The molecule has 1 aliphatic rings. The molecule has 0 bridgehead atoms. The quantitative estimate of drug-likeness (QED) is 0.806. The molecule has 3 heteroatoms. The van der Waals surface area contributed by atoms with E-state index in [0.717, 1.165) is 18.2 Å². The molecule has 0 saturated heterocycles. The summed E-state index contributed by atoms with van der Waals surface area (Å²) >= 11 is 0. The van der Waals surface area contributed by atoms with Crippen molar-refractivity contribution in [1.82, 2.24) is 10.2 Å². The van der Waals surface area contributed by atoms with Crippen molar-refractivity contribution in [3.05, 3.63) is 24.2 Å². The first-order chi connectivity index (χ1) is 8.66. The highest BCUT2D eigenvalue weighted by atomic mass is 16.3. The molecule has 1 saturated carbocycles. The van der Waals surface area contributed by atoms with Gasteiger partial charge in [-0.05, 0) is 45.5 Å². The van der Waals surface area contributed by atoms with Crippen LogP contribution in [-0.2, 0) is 0 Å². The molecule has 18 heavy (non-hydrogen) atoms. The van der Waals surface area contributed by atoms with E-state index in [1.807, 2.05) is 6.07 Å². The van der Waals surface area contributed by atoms with E-state index < -0.39 is 0 Å². The number of nitrogens with one attached hydrogen (secondary N) is 1. The van der Waals surface area contributed by atoms with Crippen LogP contribution in [-0.4, -0.2) is 31.6 Å². The van der Waals surface area contributed by atoms with Crippen LogP contribution >= 0.6 is 0 Å². The van der Waals surface area contributed by atoms with Crippen LogP contribution in [0.15, 0.2) is 22.8 Å². The number of likely N-dealkylation sites (N-methyl/N-ethyl adjacent to an activating group) is 1. The van der Waals surface area contributed by atoms with Gasteiger partial charge in [0.05, 0.1) is 12.3 Å². The molecule has 3 nitrogen and oxygen atoms in total. The normalized spacial score (nSPS) is 19.8. The van der Waals surface area contributed by atoms with Gasteiger partial charge in [0.2, 0.25) is 0 Å². The highest BCUT2D eigenvalue weighted by Crippen LogP contribution is 2.30. The lowest BCUT2D eigenvalue weighted by molar-refractivity contribution is 0.226. The van der Waals surface area contributed by atoms with Crippen molar-refractivity contribution in [2.24, 2.45) is 5.92 Å². The molecular formula is C15H26N2O. The Morgan fingerprint density at radius 2 is 2.22 bits per heavy atom. The SMILES string of the molecule is CC(CC1CCC1)NCC(c1ccco1)N(C)C. The first kappa shape index (κ1) is 13.6. The second-order valence-corrected chi connectivity index (χ2v) is 5.84. The summed E-state index contributed by atoms with van der Waals surface area (Å²) in [7, 11) is 4.21. The molecule has 0 aliphatic heterocycles. The van der Waals surface area contributed by atoms with Gasteiger partial charge in [0.1, 0.15) is 5.76 Å². The number of rotatable bonds is 7. The lowest BCUT2D eigenvalue weighted by Crippen LogP contribution is -2.37. The van der Waals surface area contributed by atoms with Crippen molar-refractivity contribution < 1.29 is 4.42 Å². The highest BCUT2D eigenvalue weighted by molar-refractivity contribution is 5.05. The van der Waals surface area contributed by atoms with E-state index in [9.17, 15) is 0 Å². The van der Waals surface area contributed by atoms with Crippen molar-refractivity contribution in [3.63, 3.8) is 0 Å². The van der Waals surface area contributed by atoms with E-state index >= 15 is 0 Å². The first-order valence-electron chi connectivity index (χ1n) is 7.10. The van der Waals surface area contributed by atoms with Gasteiger partial charge in [-0.15, -0.1) is 0 Å². The number of hydrogen-bond donors (Lipinski definition) is 1. The predicted molar refractivity (Wildman–Crippen MR) is 74.6 cm³/mol. The van der Waals surface area contributed by atoms with Crippen molar-refractivity contribution in [3.8, 4) is 0 Å². The van der Waals surface area contributed by atoms with E-state index in [0.29, 0.717) is 12.1 Å². The van der Waals surface area contributed by atoms with Crippen molar-refractivity contribution >= 4 is 0 Å². The summed E-state index contributed by atoms with van der Waals surface area (Å²) in [6.45, 7) is 3.25. The summed E-state index contributed by atoms with van der Waals surface area (Å²) in [5.41, 5.74) is 0. The van der Waals surface area contributed by atoms with Crippen molar-refractivity contribution in [2.75, 3.05) is 20.6 Å². The average molecular weight is 250 g/mol. The third-order valence-corrected chi connectivity index (χ3v) is 4.07. The Morgan fingerprint density at radius 1 is 1.44 bits per heavy atom. The summed E-state index contributed by atoms with van der Waals surface area (Å²) in [6, 6.07) is 4.95. The van der Waals surface area contributed by atoms with E-state index in [1.54, 1.807) is 6.26 Å². The van der Waals surface area contributed by atoms with Gasteiger partial charge in [0, 0.05) is 12.6 Å². The molecule has 1 aromatic heterocycles. The van der Waals surface area contributed by atoms with Gasteiger partial charge < -0.3 is 9.73 Å². The molecule has 0 aromatic carbocycles. The zero-order valence-corrected chi connectivity index (χ0v) is 11.9. The Balaban J connectivity index is 1.78. The topological polar surface area (TPSA) is 28.4 Å². The standard InChI is InChI=1S/C15H26N2O/c1-12(10-13-6-4-7-13)16-11-14(17(2)3)15-8-5-9-18-15/h5,8-9,12-14,16H,4,6-7,10-11H2,1-3H3. The van der Waals surface area contributed by atoms with Gasteiger partial charge in [0.25, 0.3) is 0 Å². The van der Waals surface area contributed by atoms with Gasteiger partial charge in [-0.2, -0.15) is 0 Å². The molecule has 0 spiro atoms. The molecule has 1 aliphatic carbocycles. The zero-order valence-electron chi connectivity index (χ0n) is 11.9. The molecule has 0 amide bonds. The van der Waals surface area contributed by atoms with E-state index in [-0.39, 0.29) is 0 Å². The van der Waals surface area contributed by atoms with Crippen LogP contribution in [0.1, 0.15) is 44.4 Å². The predicted octanol–water partition coefficient (Wildman–Crippen LogP) is 3.05. The van der Waals surface area contributed by atoms with Gasteiger partial charge in [-0.25, -0.2) is 0 Å². The zero-order chi connectivity index (χ0) is 13.0. The Kier molecular flexibility index (Phi) is 4.84. The maximum absolute atomic E-state index is 5.52. The van der Waals surface area contributed by atoms with Crippen LogP contribution in [0.3, 0.4) is 0 Å². The van der Waals surface area contributed by atoms with Crippen LogP contribution < -0.4 is 5.32 Å². The maximum atomic E-state index is 5.52. The molecule has 0 radical (unpaired) electrons. The summed E-state index contributed by atoms with van der Waals surface area (Å²) in [4.78, 5) is 2.21. The lowest BCUT2D eigenvalue weighted by Gasteiger charge is -2.30. The lowest BCUT2D eigenvalue weighted by atomic mass is 9.81. The Morgan fingerprint density at radius 3 is 2.72 bits per heavy atom. The fraction of sp³-hybridized carbons (Fsp3) is 0.733. The van der Waals surface area contributed by atoms with Crippen molar-refractivity contribution in [1.29, 1.82) is 0 Å². The molecule has 2 unspecified atom stereocenters. The molecule has 1 fully saturated rings. The van der Waals surface area contributed by atoms with E-state index in [4.69, 9.17) is 4.42 Å². The van der Waals surface area contributed by atoms with Crippen LogP contribution in [0.4, 0.5) is 0 Å². The average Bonchev–Trinajstić information content (AvgIpc) is 2.77. The number of nitrogens with zero attached hydrogens (tertiary/aromatic N) is 1. The fourth-order valence-electron chi connectivity index (χ4n) is 2.64. The van der Waals surface area contributed by atoms with Gasteiger partial charge in [0.15, 0.2) is 0 Å². The largest absolute Gasteiger partial charge is 0.468 e. The van der Waals surface area contributed by atoms with Gasteiger partial charge in [-0.3, -0.25) is 4.90 Å². The molecule has 1 aromatic rings. The number of furan rings is 1. The molecule has 102 valence electrons. The van der Waals surface area contributed by atoms with Crippen LogP contribution in [0.25, 0.3) is 0 Å². The van der Waals surface area contributed by atoms with Gasteiger partial charge >= 0.3 is 0 Å². The van der Waals surface area contributed by atoms with E-state index in [2.05, 4.69) is 37.3 Å². The third kappa shape index (κ3) is 3.59. The highest BCUT2D eigenvalue weighted by Gasteiger charge is 2.21. The minimum atomic E-state index is 0.323. The Bertz CT molecular complexity index is 330. The second kappa shape index (κ2) is 6.39. The maximum Gasteiger partial charge on any atom is 0.122 e. The molecule has 1 N–H and O–H groups in total. The van der Waals surface area contributed by atoms with Crippen LogP contribution in [0.2, 0.25) is 0 Å².